The van der Waals surface area contributed by atoms with Gasteiger partial charge in [0.05, 0.1) is 0 Å². The van der Waals surface area contributed by atoms with Crippen LogP contribution in [0.5, 0.6) is 0 Å². The van der Waals surface area contributed by atoms with E-state index in [-0.39, 0.29) is 6.61 Å². The lowest BCUT2D eigenvalue weighted by Crippen LogP contribution is -1.90. The Labute approximate surface area is 70.0 Å². The Balaban J connectivity index is 2.64. The first-order chi connectivity index (χ1) is 5.86. The van der Waals surface area contributed by atoms with Crippen LogP contribution in [-0.4, -0.2) is 12.8 Å². The molecule has 0 aliphatic rings. The van der Waals surface area contributed by atoms with Crippen molar-refractivity contribution in [3.63, 3.8) is 0 Å². The molecule has 0 atom stereocenters. The van der Waals surface area contributed by atoms with Crippen LogP contribution in [0.15, 0.2) is 24.3 Å². The van der Waals surface area contributed by atoms with Crippen LogP contribution >= 0.6 is 0 Å². The van der Waals surface area contributed by atoms with Gasteiger partial charge in [0.1, 0.15) is 12.9 Å². The predicted molar refractivity (Wildman–Crippen MR) is 42.7 cm³/mol. The standard InChI is InChI=1S/C9H8O3/c10-5-8-1-3-9(4-2-8)6-12-7-11/h1-5,7H,6H2. The van der Waals surface area contributed by atoms with E-state index < -0.39 is 0 Å². The number of hydrogen-bond donors (Lipinski definition) is 0. The zero-order valence-corrected chi connectivity index (χ0v) is 6.40. The summed E-state index contributed by atoms with van der Waals surface area (Å²) in [7, 11) is 0. The molecule has 0 spiro atoms. The third-order valence-corrected chi connectivity index (χ3v) is 1.43. The summed E-state index contributed by atoms with van der Waals surface area (Å²) in [6.45, 7) is 0.649. The first-order valence-corrected chi connectivity index (χ1v) is 3.46. The molecule has 1 aromatic rings. The topological polar surface area (TPSA) is 43.4 Å². The van der Waals surface area contributed by atoms with Crippen LogP contribution in [0.25, 0.3) is 0 Å². The van der Waals surface area contributed by atoms with Gasteiger partial charge in [0.25, 0.3) is 6.47 Å². The van der Waals surface area contributed by atoms with Crippen molar-refractivity contribution < 1.29 is 14.3 Å². The number of benzene rings is 1. The van der Waals surface area contributed by atoms with Crippen molar-refractivity contribution in [3.05, 3.63) is 35.4 Å². The van der Waals surface area contributed by atoms with Gasteiger partial charge in [-0.25, -0.2) is 0 Å². The molecule has 3 heteroatoms. The maximum absolute atomic E-state index is 10.2. The summed E-state index contributed by atoms with van der Waals surface area (Å²) < 4.78 is 4.52. The molecule has 0 saturated carbocycles. The van der Waals surface area contributed by atoms with Crippen LogP contribution in [-0.2, 0) is 16.1 Å². The second-order valence-electron chi connectivity index (χ2n) is 2.27. The molecule has 0 unspecified atom stereocenters. The molecule has 0 radical (unpaired) electrons. The smallest absolute Gasteiger partial charge is 0.293 e. The average molecular weight is 164 g/mol. The number of rotatable bonds is 4. The summed E-state index contributed by atoms with van der Waals surface area (Å²) in [5.74, 6) is 0. The Morgan fingerprint density at radius 2 is 1.83 bits per heavy atom. The molecule has 62 valence electrons. The van der Waals surface area contributed by atoms with Gasteiger partial charge in [-0.05, 0) is 5.56 Å². The van der Waals surface area contributed by atoms with Crippen molar-refractivity contribution >= 4 is 12.8 Å². The fourth-order valence-electron chi connectivity index (χ4n) is 0.823. The molecule has 0 heterocycles. The molecule has 12 heavy (non-hydrogen) atoms. The van der Waals surface area contributed by atoms with E-state index >= 15 is 0 Å². The SMILES string of the molecule is O=COCc1ccc(C=O)cc1. The molecule has 0 aliphatic heterocycles. The minimum Gasteiger partial charge on any atom is -0.463 e. The quantitative estimate of drug-likeness (QED) is 0.627. The Kier molecular flexibility index (Phi) is 3.02. The van der Waals surface area contributed by atoms with Crippen LogP contribution in [0.2, 0.25) is 0 Å². The molecule has 0 saturated heterocycles. The lowest BCUT2D eigenvalue weighted by Gasteiger charge is -1.98. The zero-order chi connectivity index (χ0) is 8.81. The van der Waals surface area contributed by atoms with Crippen molar-refractivity contribution in [2.24, 2.45) is 0 Å². The maximum atomic E-state index is 10.2. The Bertz CT molecular complexity index is 264. The van der Waals surface area contributed by atoms with Crippen LogP contribution < -0.4 is 0 Å². The summed E-state index contributed by atoms with van der Waals surface area (Å²) >= 11 is 0. The molecule has 3 nitrogen and oxygen atoms in total. The van der Waals surface area contributed by atoms with E-state index in [0.29, 0.717) is 12.0 Å². The largest absolute Gasteiger partial charge is 0.463 e. The molecule has 0 amide bonds. The van der Waals surface area contributed by atoms with Crippen LogP contribution in [0.4, 0.5) is 0 Å². The van der Waals surface area contributed by atoms with E-state index in [2.05, 4.69) is 4.74 Å². The Morgan fingerprint density at radius 1 is 1.17 bits per heavy atom. The zero-order valence-electron chi connectivity index (χ0n) is 6.40. The van der Waals surface area contributed by atoms with Crippen LogP contribution in [0, 0.1) is 0 Å². The normalized spacial score (nSPS) is 9.00. The second-order valence-corrected chi connectivity index (χ2v) is 2.27. The fraction of sp³-hybridized carbons (Fsp3) is 0.111. The van der Waals surface area contributed by atoms with Crippen molar-refractivity contribution in [2.45, 2.75) is 6.61 Å². The maximum Gasteiger partial charge on any atom is 0.293 e. The van der Waals surface area contributed by atoms with Gasteiger partial charge in [-0.2, -0.15) is 0 Å². The highest BCUT2D eigenvalue weighted by molar-refractivity contribution is 5.74. The number of ether oxygens (including phenoxy) is 1. The predicted octanol–water partition coefficient (Wildman–Crippen LogP) is 1.17. The minimum absolute atomic E-state index is 0.253. The van der Waals surface area contributed by atoms with Gasteiger partial charge in [0.15, 0.2) is 0 Å². The van der Waals surface area contributed by atoms with Crippen LogP contribution in [0.1, 0.15) is 15.9 Å². The molecular weight excluding hydrogens is 156 g/mol. The molecular formula is C9H8O3. The summed E-state index contributed by atoms with van der Waals surface area (Å²) in [6.07, 6.45) is 0.768. The minimum atomic E-state index is 0.253. The third kappa shape index (κ3) is 2.20. The number of hydrogen-bond acceptors (Lipinski definition) is 3. The number of aldehydes is 1. The van der Waals surface area contributed by atoms with Gasteiger partial charge in [0.2, 0.25) is 0 Å². The molecule has 0 bridgehead atoms. The highest BCUT2D eigenvalue weighted by Crippen LogP contribution is 2.02. The van der Waals surface area contributed by atoms with Gasteiger partial charge in [-0.3, -0.25) is 9.59 Å². The lowest BCUT2D eigenvalue weighted by molar-refractivity contribution is -0.129. The highest BCUT2D eigenvalue weighted by Gasteiger charge is 1.92. The summed E-state index contributed by atoms with van der Waals surface area (Å²) in [6, 6.07) is 6.84. The third-order valence-electron chi connectivity index (χ3n) is 1.43. The number of carbonyl (C=O) groups is 2. The van der Waals surface area contributed by atoms with Crippen LogP contribution in [0.3, 0.4) is 0 Å². The molecule has 0 aliphatic carbocycles. The van der Waals surface area contributed by atoms with E-state index in [0.717, 1.165) is 11.8 Å². The first-order valence-electron chi connectivity index (χ1n) is 3.46. The second kappa shape index (κ2) is 4.28. The summed E-state index contributed by atoms with van der Waals surface area (Å²) in [5, 5.41) is 0. The highest BCUT2D eigenvalue weighted by atomic mass is 16.5. The van der Waals surface area contributed by atoms with E-state index in [1.807, 2.05) is 0 Å². The van der Waals surface area contributed by atoms with Gasteiger partial charge in [-0.1, -0.05) is 24.3 Å². The van der Waals surface area contributed by atoms with Crippen molar-refractivity contribution in [3.8, 4) is 0 Å². The first kappa shape index (κ1) is 8.46. The van der Waals surface area contributed by atoms with E-state index in [9.17, 15) is 9.59 Å². The lowest BCUT2D eigenvalue weighted by atomic mass is 10.2. The van der Waals surface area contributed by atoms with Gasteiger partial charge in [-0.15, -0.1) is 0 Å². The molecule has 0 aromatic heterocycles. The van der Waals surface area contributed by atoms with Crippen molar-refractivity contribution in [2.75, 3.05) is 0 Å². The van der Waals surface area contributed by atoms with E-state index in [1.54, 1.807) is 24.3 Å². The molecule has 1 rings (SSSR count). The molecule has 1 aromatic carbocycles. The van der Waals surface area contributed by atoms with E-state index in [1.165, 1.54) is 0 Å². The molecule has 0 fully saturated rings. The molecule has 0 N–H and O–H groups in total. The summed E-state index contributed by atoms with van der Waals surface area (Å²) in [4.78, 5) is 20.1. The van der Waals surface area contributed by atoms with Crippen molar-refractivity contribution in [1.29, 1.82) is 0 Å². The van der Waals surface area contributed by atoms with Crippen molar-refractivity contribution in [1.82, 2.24) is 0 Å². The van der Waals surface area contributed by atoms with Gasteiger partial charge < -0.3 is 4.74 Å². The van der Waals surface area contributed by atoms with Gasteiger partial charge >= 0.3 is 0 Å². The van der Waals surface area contributed by atoms with E-state index in [4.69, 9.17) is 0 Å². The Hall–Kier alpha value is -1.64. The Morgan fingerprint density at radius 3 is 2.33 bits per heavy atom. The fourth-order valence-corrected chi connectivity index (χ4v) is 0.823. The van der Waals surface area contributed by atoms with Gasteiger partial charge in [0, 0.05) is 5.56 Å². The average Bonchev–Trinajstić information content (AvgIpc) is 2.15. The monoisotopic (exact) mass is 164 g/mol. The summed E-state index contributed by atoms with van der Waals surface area (Å²) in [5.41, 5.74) is 1.48. The number of carbonyl (C=O) groups excluding carboxylic acids is 2.